The molecule has 1 aliphatic rings. The van der Waals surface area contributed by atoms with Gasteiger partial charge in [0.15, 0.2) is 0 Å². The predicted molar refractivity (Wildman–Crippen MR) is 119 cm³/mol. The molecule has 160 valence electrons. The summed E-state index contributed by atoms with van der Waals surface area (Å²) in [6.07, 6.45) is 2.01. The van der Waals surface area contributed by atoms with Crippen LogP contribution in [0.2, 0.25) is 5.02 Å². The fraction of sp³-hybridized carbons (Fsp3) is 0.250. The number of amides is 1. The predicted octanol–water partition coefficient (Wildman–Crippen LogP) is 4.46. The van der Waals surface area contributed by atoms with E-state index < -0.39 is 0 Å². The number of pyridine rings is 1. The number of aryl methyl sites for hydroxylation is 1. The molecule has 7 heteroatoms. The number of nitrogens with one attached hydrogen (secondary N) is 1. The van der Waals surface area contributed by atoms with Crippen molar-refractivity contribution in [1.29, 1.82) is 0 Å². The van der Waals surface area contributed by atoms with E-state index in [9.17, 15) is 4.79 Å². The van der Waals surface area contributed by atoms with E-state index in [1.54, 1.807) is 26.5 Å². The molecule has 0 saturated heterocycles. The summed E-state index contributed by atoms with van der Waals surface area (Å²) >= 11 is 6.54. The van der Waals surface area contributed by atoms with Crippen molar-refractivity contribution in [1.82, 2.24) is 10.3 Å². The fourth-order valence-electron chi connectivity index (χ4n) is 3.61. The van der Waals surface area contributed by atoms with E-state index in [0.717, 1.165) is 33.9 Å². The molecule has 2 aromatic carbocycles. The number of carbonyl (C=O) groups excluding carboxylic acids is 1. The van der Waals surface area contributed by atoms with Gasteiger partial charge in [0.2, 0.25) is 0 Å². The monoisotopic (exact) mass is 438 g/mol. The average Bonchev–Trinajstić information content (AvgIpc) is 3.21. The zero-order valence-corrected chi connectivity index (χ0v) is 18.3. The first-order chi connectivity index (χ1) is 15.0. The van der Waals surface area contributed by atoms with Gasteiger partial charge in [0.05, 0.1) is 31.4 Å². The van der Waals surface area contributed by atoms with Crippen LogP contribution in [-0.2, 0) is 6.42 Å². The Kier molecular flexibility index (Phi) is 6.00. The van der Waals surface area contributed by atoms with Gasteiger partial charge in [0.25, 0.3) is 5.91 Å². The van der Waals surface area contributed by atoms with Crippen LogP contribution in [0.15, 0.2) is 48.7 Å². The van der Waals surface area contributed by atoms with Crippen molar-refractivity contribution < 1.29 is 19.0 Å². The number of ether oxygens (including phenoxy) is 3. The second kappa shape index (κ2) is 8.86. The van der Waals surface area contributed by atoms with E-state index in [4.69, 9.17) is 25.8 Å². The van der Waals surface area contributed by atoms with Gasteiger partial charge in [-0.3, -0.25) is 9.78 Å². The number of halogens is 1. The number of hydrogen-bond donors (Lipinski definition) is 1. The van der Waals surface area contributed by atoms with Crippen molar-refractivity contribution in [3.05, 3.63) is 70.5 Å². The Balaban J connectivity index is 1.50. The fourth-order valence-corrected chi connectivity index (χ4v) is 3.89. The Morgan fingerprint density at radius 1 is 1.19 bits per heavy atom. The minimum absolute atomic E-state index is 0.181. The standard InChI is InChI=1S/C24H23ClN2O4/c1-14-4-5-15(12-26-14)24(28)27-13-19-9-17-8-16(10-21(25)23(17)31-19)20-11-18(29-2)6-7-22(20)30-3/h4-8,10-12,19H,9,13H2,1-3H3,(H,27,28). The summed E-state index contributed by atoms with van der Waals surface area (Å²) in [5, 5.41) is 3.43. The van der Waals surface area contributed by atoms with Gasteiger partial charge in [-0.2, -0.15) is 0 Å². The summed E-state index contributed by atoms with van der Waals surface area (Å²) in [5.74, 6) is 1.93. The van der Waals surface area contributed by atoms with Gasteiger partial charge in [-0.25, -0.2) is 0 Å². The molecule has 0 saturated carbocycles. The summed E-state index contributed by atoms with van der Waals surface area (Å²) in [7, 11) is 3.26. The number of fused-ring (bicyclic) bond motifs is 1. The molecule has 4 rings (SSSR count). The highest BCUT2D eigenvalue weighted by atomic mass is 35.5. The molecule has 1 atom stereocenters. The van der Waals surface area contributed by atoms with Gasteiger partial charge in [-0.15, -0.1) is 0 Å². The summed E-state index contributed by atoms with van der Waals surface area (Å²) in [6.45, 7) is 2.25. The van der Waals surface area contributed by atoms with E-state index in [-0.39, 0.29) is 12.0 Å². The lowest BCUT2D eigenvalue weighted by atomic mass is 9.99. The molecular weight excluding hydrogens is 416 g/mol. The van der Waals surface area contributed by atoms with Gasteiger partial charge in [0.1, 0.15) is 23.4 Å². The second-order valence-corrected chi connectivity index (χ2v) is 7.76. The number of hydrogen-bond acceptors (Lipinski definition) is 5. The van der Waals surface area contributed by atoms with Gasteiger partial charge in [-0.05, 0) is 55.0 Å². The van der Waals surface area contributed by atoms with Crippen LogP contribution in [0.3, 0.4) is 0 Å². The van der Waals surface area contributed by atoms with E-state index >= 15 is 0 Å². The highest BCUT2D eigenvalue weighted by molar-refractivity contribution is 6.32. The number of benzene rings is 2. The summed E-state index contributed by atoms with van der Waals surface area (Å²) in [4.78, 5) is 16.5. The average molecular weight is 439 g/mol. The summed E-state index contributed by atoms with van der Waals surface area (Å²) in [5.41, 5.74) is 4.17. The highest BCUT2D eigenvalue weighted by Crippen LogP contribution is 2.42. The van der Waals surface area contributed by atoms with Crippen molar-refractivity contribution in [3.8, 4) is 28.4 Å². The van der Waals surface area contributed by atoms with Crippen LogP contribution in [0.1, 0.15) is 21.6 Å². The Hall–Kier alpha value is -3.25. The van der Waals surface area contributed by atoms with Crippen molar-refractivity contribution >= 4 is 17.5 Å². The molecular formula is C24H23ClN2O4. The smallest absolute Gasteiger partial charge is 0.252 e. The lowest BCUT2D eigenvalue weighted by Crippen LogP contribution is -2.34. The van der Waals surface area contributed by atoms with Crippen LogP contribution in [0.4, 0.5) is 0 Å². The molecule has 1 N–H and O–H groups in total. The summed E-state index contributed by atoms with van der Waals surface area (Å²) < 4.78 is 16.9. The Morgan fingerprint density at radius 3 is 2.74 bits per heavy atom. The van der Waals surface area contributed by atoms with Crippen molar-refractivity contribution in [2.45, 2.75) is 19.4 Å². The summed E-state index contributed by atoms with van der Waals surface area (Å²) in [6, 6.07) is 13.1. The Bertz CT molecular complexity index is 1120. The molecule has 3 aromatic rings. The number of nitrogens with zero attached hydrogens (tertiary/aromatic N) is 1. The molecule has 31 heavy (non-hydrogen) atoms. The van der Waals surface area contributed by atoms with E-state index in [1.165, 1.54) is 0 Å². The minimum Gasteiger partial charge on any atom is -0.497 e. The maximum absolute atomic E-state index is 12.4. The van der Waals surface area contributed by atoms with Crippen LogP contribution in [-0.4, -0.2) is 37.8 Å². The quantitative estimate of drug-likeness (QED) is 0.615. The maximum atomic E-state index is 12.4. The third-order valence-electron chi connectivity index (χ3n) is 5.23. The van der Waals surface area contributed by atoms with Gasteiger partial charge in [0, 0.05) is 29.4 Å². The molecule has 2 heterocycles. The van der Waals surface area contributed by atoms with Gasteiger partial charge >= 0.3 is 0 Å². The molecule has 1 amide bonds. The molecule has 1 unspecified atom stereocenters. The first-order valence-corrected chi connectivity index (χ1v) is 10.3. The van der Waals surface area contributed by atoms with E-state index in [2.05, 4.69) is 10.3 Å². The van der Waals surface area contributed by atoms with Crippen molar-refractivity contribution in [2.75, 3.05) is 20.8 Å². The lowest BCUT2D eigenvalue weighted by Gasteiger charge is -2.13. The SMILES string of the molecule is COc1ccc(OC)c(-c2cc(Cl)c3c(c2)CC(CNC(=O)c2ccc(C)nc2)O3)c1. The van der Waals surface area contributed by atoms with Crippen LogP contribution in [0.5, 0.6) is 17.2 Å². The first-order valence-electron chi connectivity index (χ1n) is 9.91. The molecule has 0 spiro atoms. The van der Waals surface area contributed by atoms with Gasteiger partial charge in [-0.1, -0.05) is 11.6 Å². The molecule has 0 bridgehead atoms. The first kappa shape index (κ1) is 21.0. The molecule has 1 aromatic heterocycles. The van der Waals surface area contributed by atoms with Crippen molar-refractivity contribution in [2.24, 2.45) is 0 Å². The second-order valence-electron chi connectivity index (χ2n) is 7.35. The molecule has 0 radical (unpaired) electrons. The Morgan fingerprint density at radius 2 is 2.03 bits per heavy atom. The number of methoxy groups -OCH3 is 2. The molecule has 6 nitrogen and oxygen atoms in total. The van der Waals surface area contributed by atoms with Crippen molar-refractivity contribution in [3.63, 3.8) is 0 Å². The zero-order chi connectivity index (χ0) is 22.0. The maximum Gasteiger partial charge on any atom is 0.252 e. The van der Waals surface area contributed by atoms with Crippen LogP contribution in [0.25, 0.3) is 11.1 Å². The van der Waals surface area contributed by atoms with Crippen LogP contribution >= 0.6 is 11.6 Å². The topological polar surface area (TPSA) is 69.7 Å². The Labute approximate surface area is 186 Å². The largest absolute Gasteiger partial charge is 0.497 e. The molecule has 1 aliphatic heterocycles. The molecule has 0 fully saturated rings. The van der Waals surface area contributed by atoms with E-state index in [1.807, 2.05) is 43.3 Å². The third-order valence-corrected chi connectivity index (χ3v) is 5.51. The van der Waals surface area contributed by atoms with Gasteiger partial charge < -0.3 is 19.5 Å². The number of carbonyl (C=O) groups is 1. The third kappa shape index (κ3) is 4.44. The number of aromatic nitrogens is 1. The zero-order valence-electron chi connectivity index (χ0n) is 17.6. The number of rotatable bonds is 6. The molecule has 0 aliphatic carbocycles. The minimum atomic E-state index is -0.197. The normalized spacial score (nSPS) is 14.5. The highest BCUT2D eigenvalue weighted by Gasteiger charge is 2.27. The van der Waals surface area contributed by atoms with Crippen LogP contribution < -0.4 is 19.5 Å². The van der Waals surface area contributed by atoms with E-state index in [0.29, 0.717) is 29.3 Å². The van der Waals surface area contributed by atoms with Crippen LogP contribution in [0, 0.1) is 6.92 Å². The lowest BCUT2D eigenvalue weighted by molar-refractivity contribution is 0.0933.